The highest BCUT2D eigenvalue weighted by atomic mass is 16.2. The molecular weight excluding hydrogens is 258 g/mol. The molecule has 0 bridgehead atoms. The first-order chi connectivity index (χ1) is 9.35. The minimum Gasteiger partial charge on any atom is -0.324 e. The summed E-state index contributed by atoms with van der Waals surface area (Å²) in [7, 11) is 0. The number of hydrogen-bond donors (Lipinski definition) is 1. The largest absolute Gasteiger partial charge is 0.325 e. The van der Waals surface area contributed by atoms with Crippen LogP contribution in [0.15, 0.2) is 0 Å². The molecule has 1 aliphatic heterocycles. The first kappa shape index (κ1) is 14.5. The third kappa shape index (κ3) is 2.66. The fraction of sp³-hybridized carbons (Fsp3) is 0.692. The summed E-state index contributed by atoms with van der Waals surface area (Å²) >= 11 is 0. The molecule has 1 aromatic heterocycles. The van der Waals surface area contributed by atoms with E-state index < -0.39 is 5.54 Å². The molecule has 0 aliphatic carbocycles. The second-order valence-corrected chi connectivity index (χ2v) is 5.60. The van der Waals surface area contributed by atoms with E-state index in [0.717, 1.165) is 19.4 Å². The molecule has 1 N–H and O–H groups in total. The van der Waals surface area contributed by atoms with Crippen molar-refractivity contribution in [2.24, 2.45) is 0 Å². The topological polar surface area (TPSA) is 80.1 Å². The fourth-order valence-corrected chi connectivity index (χ4v) is 2.21. The molecule has 2 heterocycles. The van der Waals surface area contributed by atoms with Gasteiger partial charge in [0, 0.05) is 6.54 Å². The summed E-state index contributed by atoms with van der Waals surface area (Å²) in [5.41, 5.74) is -0.847. The number of aromatic nitrogens is 3. The zero-order valence-electron chi connectivity index (χ0n) is 12.4. The van der Waals surface area contributed by atoms with Gasteiger partial charge in [-0.05, 0) is 27.2 Å². The minimum absolute atomic E-state index is 0.165. The highest BCUT2D eigenvalue weighted by molar-refractivity contribution is 6.06. The van der Waals surface area contributed by atoms with Crippen molar-refractivity contribution in [3.05, 3.63) is 11.6 Å². The first-order valence-corrected chi connectivity index (χ1v) is 6.89. The van der Waals surface area contributed by atoms with Crippen LogP contribution < -0.4 is 5.32 Å². The van der Waals surface area contributed by atoms with Gasteiger partial charge in [0.1, 0.15) is 17.2 Å². The molecule has 20 heavy (non-hydrogen) atoms. The predicted octanol–water partition coefficient (Wildman–Crippen LogP) is 1.22. The summed E-state index contributed by atoms with van der Waals surface area (Å²) < 4.78 is 1.78. The molecule has 0 unspecified atom stereocenters. The average molecular weight is 279 g/mol. The number of amides is 3. The maximum Gasteiger partial charge on any atom is 0.325 e. The number of nitrogens with zero attached hydrogens (tertiary/aromatic N) is 4. The van der Waals surface area contributed by atoms with Crippen LogP contribution in [0.2, 0.25) is 0 Å². The number of carbonyl (C=O) groups excluding carboxylic acids is 2. The number of aryl methyl sites for hydroxylation is 2. The molecule has 7 nitrogen and oxygen atoms in total. The number of imide groups is 1. The van der Waals surface area contributed by atoms with Crippen LogP contribution in [0.1, 0.15) is 45.3 Å². The SMILES string of the molecule is CCCCn1nc(C)nc1CN1C(=O)NC(C)(C)C1=O. The van der Waals surface area contributed by atoms with Gasteiger partial charge in [-0.25, -0.2) is 14.5 Å². The van der Waals surface area contributed by atoms with E-state index >= 15 is 0 Å². The van der Waals surface area contributed by atoms with Gasteiger partial charge >= 0.3 is 6.03 Å². The van der Waals surface area contributed by atoms with E-state index in [4.69, 9.17) is 0 Å². The van der Waals surface area contributed by atoms with E-state index in [9.17, 15) is 9.59 Å². The molecule has 3 amide bonds. The number of carbonyl (C=O) groups is 2. The average Bonchev–Trinajstić information content (AvgIpc) is 2.79. The Morgan fingerprint density at radius 2 is 2.00 bits per heavy atom. The molecule has 7 heteroatoms. The van der Waals surface area contributed by atoms with Crippen LogP contribution in [-0.4, -0.2) is 37.1 Å². The van der Waals surface area contributed by atoms with Crippen LogP contribution in [0.5, 0.6) is 0 Å². The lowest BCUT2D eigenvalue weighted by atomic mass is 10.1. The Bertz CT molecular complexity index is 535. The van der Waals surface area contributed by atoms with Crippen LogP contribution in [0.25, 0.3) is 0 Å². The summed E-state index contributed by atoms with van der Waals surface area (Å²) in [5, 5.41) is 6.98. The zero-order chi connectivity index (χ0) is 14.9. The van der Waals surface area contributed by atoms with Crippen LogP contribution in [0, 0.1) is 6.92 Å². The number of unbranched alkanes of at least 4 members (excludes halogenated alkanes) is 1. The van der Waals surface area contributed by atoms with Crippen molar-refractivity contribution in [3.63, 3.8) is 0 Å². The second-order valence-electron chi connectivity index (χ2n) is 5.60. The Kier molecular flexibility index (Phi) is 3.78. The highest BCUT2D eigenvalue weighted by Gasteiger charge is 2.44. The van der Waals surface area contributed by atoms with Gasteiger partial charge in [-0.2, -0.15) is 5.10 Å². The number of urea groups is 1. The van der Waals surface area contributed by atoms with E-state index in [-0.39, 0.29) is 18.5 Å². The van der Waals surface area contributed by atoms with Gasteiger partial charge in [-0.3, -0.25) is 9.69 Å². The van der Waals surface area contributed by atoms with Gasteiger partial charge in [-0.1, -0.05) is 13.3 Å². The van der Waals surface area contributed by atoms with E-state index in [2.05, 4.69) is 22.3 Å². The number of rotatable bonds is 5. The number of hydrogen-bond acceptors (Lipinski definition) is 4. The molecular formula is C13H21N5O2. The van der Waals surface area contributed by atoms with Crippen LogP contribution in [0.3, 0.4) is 0 Å². The van der Waals surface area contributed by atoms with Crippen molar-refractivity contribution in [3.8, 4) is 0 Å². The molecule has 0 atom stereocenters. The maximum absolute atomic E-state index is 12.2. The molecule has 1 saturated heterocycles. The molecule has 1 aromatic rings. The smallest absolute Gasteiger partial charge is 0.324 e. The summed E-state index contributed by atoms with van der Waals surface area (Å²) in [6.07, 6.45) is 2.04. The van der Waals surface area contributed by atoms with Crippen molar-refractivity contribution in [1.29, 1.82) is 0 Å². The minimum atomic E-state index is -0.847. The molecule has 2 rings (SSSR count). The Balaban J connectivity index is 2.18. The van der Waals surface area contributed by atoms with Crippen LogP contribution >= 0.6 is 0 Å². The summed E-state index contributed by atoms with van der Waals surface area (Å²) in [6.45, 7) is 8.21. The van der Waals surface area contributed by atoms with Gasteiger partial charge in [-0.15, -0.1) is 0 Å². The lowest BCUT2D eigenvalue weighted by molar-refractivity contribution is -0.130. The molecule has 1 aliphatic rings. The Morgan fingerprint density at radius 1 is 1.30 bits per heavy atom. The van der Waals surface area contributed by atoms with E-state index in [1.54, 1.807) is 18.5 Å². The third-order valence-electron chi connectivity index (χ3n) is 3.32. The second kappa shape index (κ2) is 5.22. The van der Waals surface area contributed by atoms with Gasteiger partial charge in [0.2, 0.25) is 0 Å². The Morgan fingerprint density at radius 3 is 2.55 bits per heavy atom. The van der Waals surface area contributed by atoms with Crippen LogP contribution in [0.4, 0.5) is 4.79 Å². The fourth-order valence-electron chi connectivity index (χ4n) is 2.21. The molecule has 0 spiro atoms. The third-order valence-corrected chi connectivity index (χ3v) is 3.32. The lowest BCUT2D eigenvalue weighted by Crippen LogP contribution is -2.40. The molecule has 0 aromatic carbocycles. The monoisotopic (exact) mass is 279 g/mol. The quantitative estimate of drug-likeness (QED) is 0.822. The van der Waals surface area contributed by atoms with Crippen LogP contribution in [-0.2, 0) is 17.9 Å². The van der Waals surface area contributed by atoms with Crippen molar-refractivity contribution >= 4 is 11.9 Å². The summed E-state index contributed by atoms with van der Waals surface area (Å²) in [4.78, 5) is 29.6. The number of nitrogens with one attached hydrogen (secondary N) is 1. The normalized spacial score (nSPS) is 17.7. The summed E-state index contributed by atoms with van der Waals surface area (Å²) in [6, 6.07) is -0.373. The van der Waals surface area contributed by atoms with Gasteiger partial charge in [0.05, 0.1) is 6.54 Å². The van der Waals surface area contributed by atoms with Gasteiger partial charge in [0.15, 0.2) is 0 Å². The predicted molar refractivity (Wildman–Crippen MR) is 72.8 cm³/mol. The highest BCUT2D eigenvalue weighted by Crippen LogP contribution is 2.18. The van der Waals surface area contributed by atoms with Crippen molar-refractivity contribution < 1.29 is 9.59 Å². The lowest BCUT2D eigenvalue weighted by Gasteiger charge is -2.15. The van der Waals surface area contributed by atoms with E-state index in [1.807, 2.05) is 6.92 Å². The molecule has 0 saturated carbocycles. The van der Waals surface area contributed by atoms with Crippen molar-refractivity contribution in [1.82, 2.24) is 25.0 Å². The Hall–Kier alpha value is -1.92. The Labute approximate surface area is 118 Å². The van der Waals surface area contributed by atoms with Crippen molar-refractivity contribution in [2.45, 2.75) is 59.2 Å². The van der Waals surface area contributed by atoms with E-state index in [1.165, 1.54) is 4.90 Å². The van der Waals surface area contributed by atoms with Gasteiger partial charge in [0.25, 0.3) is 5.91 Å². The maximum atomic E-state index is 12.2. The van der Waals surface area contributed by atoms with E-state index in [0.29, 0.717) is 11.6 Å². The zero-order valence-corrected chi connectivity index (χ0v) is 12.4. The molecule has 1 fully saturated rings. The van der Waals surface area contributed by atoms with Crippen molar-refractivity contribution in [2.75, 3.05) is 0 Å². The molecule has 0 radical (unpaired) electrons. The van der Waals surface area contributed by atoms with Gasteiger partial charge < -0.3 is 5.32 Å². The summed E-state index contributed by atoms with van der Waals surface area (Å²) in [5.74, 6) is 1.07. The standard InChI is InChI=1S/C13H21N5O2/c1-5-6-7-18-10(14-9(2)16-18)8-17-11(19)13(3,4)15-12(17)20/h5-8H2,1-4H3,(H,15,20). The first-order valence-electron chi connectivity index (χ1n) is 6.89. The molecule has 110 valence electrons.